The Morgan fingerprint density at radius 2 is 2.04 bits per heavy atom. The van der Waals surface area contributed by atoms with Crippen molar-refractivity contribution in [1.29, 1.82) is 0 Å². The van der Waals surface area contributed by atoms with Crippen LogP contribution in [0.15, 0.2) is 16.9 Å². The number of unbranched alkanes of at least 4 members (excludes halogenated alkanes) is 1. The van der Waals surface area contributed by atoms with Crippen LogP contribution in [-0.2, 0) is 9.59 Å². The Kier molecular flexibility index (Phi) is 8.37. The minimum Gasteiger partial charge on any atom is -0.363 e. The molecule has 6 nitrogen and oxygen atoms in total. The Hall–Kier alpha value is -1.85. The summed E-state index contributed by atoms with van der Waals surface area (Å²) in [4.78, 5) is 26.7. The van der Waals surface area contributed by atoms with Crippen molar-refractivity contribution < 1.29 is 14.1 Å². The third kappa shape index (κ3) is 6.04. The summed E-state index contributed by atoms with van der Waals surface area (Å²) in [5, 5.41) is 6.30. The molecule has 0 aromatic carbocycles. The first-order chi connectivity index (χ1) is 11.0. The van der Waals surface area contributed by atoms with Crippen LogP contribution in [-0.4, -0.2) is 34.5 Å². The van der Waals surface area contributed by atoms with Crippen LogP contribution < -0.4 is 5.32 Å². The molecule has 0 aliphatic carbocycles. The van der Waals surface area contributed by atoms with Gasteiger partial charge in [0.15, 0.2) is 5.82 Å². The number of rotatable bonds is 10. The van der Waals surface area contributed by atoms with Crippen LogP contribution in [0.25, 0.3) is 0 Å². The Bertz CT molecular complexity index is 473. The van der Waals surface area contributed by atoms with Gasteiger partial charge >= 0.3 is 0 Å². The van der Waals surface area contributed by atoms with Gasteiger partial charge in [-0.1, -0.05) is 38.8 Å². The quantitative estimate of drug-likeness (QED) is 0.715. The number of nitrogens with zero attached hydrogens (tertiary/aromatic N) is 2. The first-order valence-corrected chi connectivity index (χ1v) is 8.54. The smallest absolute Gasteiger partial charge is 0.245 e. The summed E-state index contributed by atoms with van der Waals surface area (Å²) < 4.78 is 4.69. The van der Waals surface area contributed by atoms with E-state index in [4.69, 9.17) is 4.52 Å². The molecule has 2 amide bonds. The number of carbonyl (C=O) groups excluding carboxylic acids is 2. The number of aromatic nitrogens is 1. The van der Waals surface area contributed by atoms with Crippen molar-refractivity contribution in [3.05, 3.63) is 12.3 Å². The summed E-state index contributed by atoms with van der Waals surface area (Å²) in [7, 11) is 0. The summed E-state index contributed by atoms with van der Waals surface area (Å²) in [6, 6.07) is 1.60. The average molecular weight is 323 g/mol. The monoisotopic (exact) mass is 323 g/mol. The predicted octanol–water partition coefficient (Wildman–Crippen LogP) is 3.46. The second kappa shape index (κ2) is 10.0. The number of nitrogens with one attached hydrogen (secondary N) is 1. The molecule has 0 radical (unpaired) electrons. The SMILES string of the molecule is CCCCC(CC)C(=O)N(CC(=O)Nc1ccon1)C(C)CC. The third-order valence-electron chi connectivity index (χ3n) is 4.17. The Morgan fingerprint density at radius 1 is 1.30 bits per heavy atom. The highest BCUT2D eigenvalue weighted by Gasteiger charge is 2.27. The molecule has 130 valence electrons. The Labute approximate surface area is 138 Å². The van der Waals surface area contributed by atoms with Gasteiger partial charge in [0.2, 0.25) is 11.8 Å². The summed E-state index contributed by atoms with van der Waals surface area (Å²) in [5.41, 5.74) is 0. The van der Waals surface area contributed by atoms with E-state index in [9.17, 15) is 9.59 Å². The zero-order chi connectivity index (χ0) is 17.2. The standard InChI is InChI=1S/C17H29N3O3/c1-5-8-9-14(7-3)17(22)20(13(4)6-2)12-16(21)18-15-10-11-23-19-15/h10-11,13-14H,5-9,12H2,1-4H3,(H,18,19,21). The number of hydrogen-bond donors (Lipinski definition) is 1. The lowest BCUT2D eigenvalue weighted by Gasteiger charge is -2.31. The number of carbonyl (C=O) groups is 2. The van der Waals surface area contributed by atoms with E-state index in [1.165, 1.54) is 6.26 Å². The van der Waals surface area contributed by atoms with Gasteiger partial charge in [0, 0.05) is 18.0 Å². The van der Waals surface area contributed by atoms with Gasteiger partial charge < -0.3 is 14.7 Å². The van der Waals surface area contributed by atoms with Crippen molar-refractivity contribution in [2.24, 2.45) is 5.92 Å². The van der Waals surface area contributed by atoms with E-state index >= 15 is 0 Å². The molecule has 0 saturated carbocycles. The molecular formula is C17H29N3O3. The van der Waals surface area contributed by atoms with E-state index in [-0.39, 0.29) is 30.3 Å². The predicted molar refractivity (Wildman–Crippen MR) is 89.9 cm³/mol. The molecular weight excluding hydrogens is 294 g/mol. The highest BCUT2D eigenvalue weighted by Crippen LogP contribution is 2.18. The van der Waals surface area contributed by atoms with Crippen LogP contribution in [0.2, 0.25) is 0 Å². The van der Waals surface area contributed by atoms with Crippen LogP contribution in [0.4, 0.5) is 5.82 Å². The maximum atomic E-state index is 12.8. The minimum absolute atomic E-state index is 0.0104. The lowest BCUT2D eigenvalue weighted by atomic mass is 9.96. The normalized spacial score (nSPS) is 13.4. The van der Waals surface area contributed by atoms with E-state index in [0.29, 0.717) is 5.82 Å². The van der Waals surface area contributed by atoms with Gasteiger partial charge in [0.25, 0.3) is 0 Å². The lowest BCUT2D eigenvalue weighted by molar-refractivity contribution is -0.141. The van der Waals surface area contributed by atoms with Crippen LogP contribution in [0, 0.1) is 5.92 Å². The zero-order valence-electron chi connectivity index (χ0n) is 14.7. The van der Waals surface area contributed by atoms with Crippen LogP contribution >= 0.6 is 0 Å². The summed E-state index contributed by atoms with van der Waals surface area (Å²) >= 11 is 0. The first kappa shape index (κ1) is 19.2. The van der Waals surface area contributed by atoms with E-state index in [2.05, 4.69) is 17.4 Å². The van der Waals surface area contributed by atoms with Crippen molar-refractivity contribution >= 4 is 17.6 Å². The van der Waals surface area contributed by atoms with Crippen molar-refractivity contribution in [1.82, 2.24) is 10.1 Å². The second-order valence-electron chi connectivity index (χ2n) is 5.90. The fraction of sp³-hybridized carbons (Fsp3) is 0.706. The number of anilines is 1. The van der Waals surface area contributed by atoms with Crippen LogP contribution in [0.5, 0.6) is 0 Å². The van der Waals surface area contributed by atoms with Gasteiger partial charge in [-0.05, 0) is 26.2 Å². The van der Waals surface area contributed by atoms with Gasteiger partial charge in [-0.15, -0.1) is 0 Å². The zero-order valence-corrected chi connectivity index (χ0v) is 14.7. The van der Waals surface area contributed by atoms with Gasteiger partial charge in [-0.2, -0.15) is 0 Å². The topological polar surface area (TPSA) is 75.4 Å². The molecule has 0 bridgehead atoms. The van der Waals surface area contributed by atoms with E-state index < -0.39 is 0 Å². The molecule has 0 fully saturated rings. The third-order valence-corrected chi connectivity index (χ3v) is 4.17. The van der Waals surface area contributed by atoms with Crippen molar-refractivity contribution in [2.75, 3.05) is 11.9 Å². The second-order valence-corrected chi connectivity index (χ2v) is 5.90. The van der Waals surface area contributed by atoms with Crippen LogP contribution in [0.3, 0.4) is 0 Å². The minimum atomic E-state index is -0.252. The molecule has 1 N–H and O–H groups in total. The largest absolute Gasteiger partial charge is 0.363 e. The maximum absolute atomic E-state index is 12.8. The van der Waals surface area contributed by atoms with Gasteiger partial charge in [0.1, 0.15) is 12.8 Å². The average Bonchev–Trinajstić information content (AvgIpc) is 3.05. The summed E-state index contributed by atoms with van der Waals surface area (Å²) in [6.45, 7) is 8.20. The van der Waals surface area contributed by atoms with Gasteiger partial charge in [-0.3, -0.25) is 9.59 Å². The van der Waals surface area contributed by atoms with E-state index in [1.54, 1.807) is 11.0 Å². The van der Waals surface area contributed by atoms with Crippen molar-refractivity contribution in [3.8, 4) is 0 Å². The van der Waals surface area contributed by atoms with Crippen LogP contribution in [0.1, 0.15) is 59.8 Å². The molecule has 0 aliphatic rings. The highest BCUT2D eigenvalue weighted by atomic mass is 16.5. The molecule has 1 aromatic heterocycles. The van der Waals surface area contributed by atoms with Gasteiger partial charge in [-0.25, -0.2) is 0 Å². The molecule has 1 heterocycles. The number of hydrogen-bond acceptors (Lipinski definition) is 4. The molecule has 23 heavy (non-hydrogen) atoms. The summed E-state index contributed by atoms with van der Waals surface area (Å²) in [6.07, 6.45) is 5.99. The molecule has 1 aromatic rings. The van der Waals surface area contributed by atoms with E-state index in [0.717, 1.165) is 32.1 Å². The summed E-state index contributed by atoms with van der Waals surface area (Å²) in [5.74, 6) is 0.178. The molecule has 0 spiro atoms. The van der Waals surface area contributed by atoms with Crippen molar-refractivity contribution in [2.45, 2.75) is 65.8 Å². The molecule has 1 rings (SSSR count). The van der Waals surface area contributed by atoms with E-state index in [1.807, 2.05) is 20.8 Å². The molecule has 0 aliphatic heterocycles. The molecule has 2 atom stereocenters. The lowest BCUT2D eigenvalue weighted by Crippen LogP contribution is -2.46. The van der Waals surface area contributed by atoms with Gasteiger partial charge in [0.05, 0.1) is 0 Å². The fourth-order valence-corrected chi connectivity index (χ4v) is 2.47. The molecule has 6 heteroatoms. The highest BCUT2D eigenvalue weighted by molar-refractivity contribution is 5.94. The first-order valence-electron chi connectivity index (χ1n) is 8.54. The Morgan fingerprint density at radius 3 is 2.57 bits per heavy atom. The van der Waals surface area contributed by atoms with Crippen molar-refractivity contribution in [3.63, 3.8) is 0 Å². The molecule has 0 saturated heterocycles. The fourth-order valence-electron chi connectivity index (χ4n) is 2.47. The molecule has 2 unspecified atom stereocenters. The number of amides is 2. The Balaban J connectivity index is 2.74. The maximum Gasteiger partial charge on any atom is 0.245 e.